The molecule has 0 aliphatic rings. The van der Waals surface area contributed by atoms with Gasteiger partial charge in [-0.3, -0.25) is 14.4 Å². The van der Waals surface area contributed by atoms with Crippen LogP contribution in [0.15, 0.2) is 60.8 Å². The number of rotatable bonds is 41. The maximum atomic E-state index is 12.7. The van der Waals surface area contributed by atoms with Gasteiger partial charge in [-0.15, -0.1) is 0 Å². The van der Waals surface area contributed by atoms with Gasteiger partial charge in [0.25, 0.3) is 0 Å². The van der Waals surface area contributed by atoms with Crippen LogP contribution in [0.2, 0.25) is 0 Å². The summed E-state index contributed by atoms with van der Waals surface area (Å²) >= 11 is 0. The second-order valence-electron chi connectivity index (χ2n) is 15.3. The summed E-state index contributed by atoms with van der Waals surface area (Å²) in [4.78, 5) is 37.5. The molecule has 0 amide bonds. The van der Waals surface area contributed by atoms with E-state index in [0.29, 0.717) is 19.3 Å². The molecule has 0 aromatic heterocycles. The molecule has 0 radical (unpaired) electrons. The molecule has 0 saturated carbocycles. The lowest BCUT2D eigenvalue weighted by Gasteiger charge is -2.18. The van der Waals surface area contributed by atoms with Gasteiger partial charge in [0.05, 0.1) is 0 Å². The summed E-state index contributed by atoms with van der Waals surface area (Å²) in [5, 5.41) is 0. The lowest BCUT2D eigenvalue weighted by molar-refractivity contribution is -0.167. The number of ether oxygens (including phenoxy) is 3. The Morgan fingerprint density at radius 3 is 1.11 bits per heavy atom. The molecule has 0 heterocycles. The van der Waals surface area contributed by atoms with Gasteiger partial charge >= 0.3 is 17.9 Å². The molecule has 1 unspecified atom stereocenters. The van der Waals surface area contributed by atoms with Crippen molar-refractivity contribution in [1.82, 2.24) is 0 Å². The minimum atomic E-state index is -0.781. The Morgan fingerprint density at radius 1 is 0.375 bits per heavy atom. The van der Waals surface area contributed by atoms with Crippen LogP contribution in [0.4, 0.5) is 0 Å². The molecule has 0 aliphatic carbocycles. The summed E-state index contributed by atoms with van der Waals surface area (Å²) in [7, 11) is 0. The molecule has 6 heteroatoms. The molecule has 1 atom stereocenters. The van der Waals surface area contributed by atoms with E-state index in [9.17, 15) is 14.4 Å². The van der Waals surface area contributed by atoms with E-state index < -0.39 is 6.10 Å². The van der Waals surface area contributed by atoms with E-state index in [0.717, 1.165) is 116 Å². The van der Waals surface area contributed by atoms with Crippen molar-refractivity contribution >= 4 is 17.9 Å². The number of carbonyl (C=O) groups excluding carboxylic acids is 3. The van der Waals surface area contributed by atoms with Crippen molar-refractivity contribution in [1.29, 1.82) is 0 Å². The van der Waals surface area contributed by atoms with Gasteiger partial charge in [-0.2, -0.15) is 0 Å². The first-order chi connectivity index (χ1) is 27.5. The number of allylic oxidation sites excluding steroid dienone is 10. The number of hydrogen-bond donors (Lipinski definition) is 0. The van der Waals surface area contributed by atoms with Gasteiger partial charge in [0, 0.05) is 19.3 Å². The minimum absolute atomic E-state index is 0.0853. The largest absolute Gasteiger partial charge is 0.462 e. The number of esters is 3. The Hall–Kier alpha value is -2.89. The monoisotopic (exact) mass is 783 g/mol. The lowest BCUT2D eigenvalue weighted by atomic mass is 10.1. The molecule has 0 aromatic rings. The molecule has 56 heavy (non-hydrogen) atoms. The summed E-state index contributed by atoms with van der Waals surface area (Å²) in [6.07, 6.45) is 53.7. The predicted octanol–water partition coefficient (Wildman–Crippen LogP) is 14.9. The van der Waals surface area contributed by atoms with Gasteiger partial charge < -0.3 is 14.2 Å². The molecule has 322 valence electrons. The fourth-order valence-electron chi connectivity index (χ4n) is 6.25. The van der Waals surface area contributed by atoms with Crippen LogP contribution in [0, 0.1) is 0 Å². The number of hydrogen-bond acceptors (Lipinski definition) is 6. The van der Waals surface area contributed by atoms with Crippen molar-refractivity contribution in [3.05, 3.63) is 60.8 Å². The highest BCUT2D eigenvalue weighted by atomic mass is 16.6. The van der Waals surface area contributed by atoms with Crippen LogP contribution >= 0.6 is 0 Å². The molecule has 0 bridgehead atoms. The molecule has 0 N–H and O–H groups in total. The van der Waals surface area contributed by atoms with E-state index in [1.165, 1.54) is 64.2 Å². The van der Waals surface area contributed by atoms with Crippen molar-refractivity contribution in [2.24, 2.45) is 0 Å². The Kier molecular flexibility index (Phi) is 42.5. The fourth-order valence-corrected chi connectivity index (χ4v) is 6.25. The summed E-state index contributed by atoms with van der Waals surface area (Å²) in [5.41, 5.74) is 0. The standard InChI is InChI=1S/C50H86O6/c1-4-7-10-13-15-17-19-21-23-24-25-27-28-30-32-34-37-40-43-49(52)55-46-47(45-54-48(51)42-39-36-12-9-6-3)56-50(53)44-41-38-35-33-31-29-26-22-20-18-16-14-11-8-5-2/h8,11,16-19,22-24,26,47H,4-7,9-10,12-15,20-21,25,27-46H2,1-3H3/b11-8-,18-16-,19-17-,24-23-,26-22-. The Bertz CT molecular complexity index is 1040. The highest BCUT2D eigenvalue weighted by Gasteiger charge is 2.19. The van der Waals surface area contributed by atoms with E-state index in [2.05, 4.69) is 81.5 Å². The maximum Gasteiger partial charge on any atom is 0.306 e. The molecule has 0 aliphatic heterocycles. The van der Waals surface area contributed by atoms with Crippen molar-refractivity contribution in [3.63, 3.8) is 0 Å². The van der Waals surface area contributed by atoms with Crippen LogP contribution in [0.25, 0.3) is 0 Å². The second kappa shape index (κ2) is 44.8. The highest BCUT2D eigenvalue weighted by molar-refractivity contribution is 5.71. The van der Waals surface area contributed by atoms with Crippen LogP contribution in [0.1, 0.15) is 220 Å². The minimum Gasteiger partial charge on any atom is -0.462 e. The summed E-state index contributed by atoms with van der Waals surface area (Å²) in [5.74, 6) is -0.926. The van der Waals surface area contributed by atoms with Crippen LogP contribution in [-0.4, -0.2) is 37.2 Å². The first-order valence-electron chi connectivity index (χ1n) is 23.3. The zero-order chi connectivity index (χ0) is 40.8. The first-order valence-corrected chi connectivity index (χ1v) is 23.3. The van der Waals surface area contributed by atoms with Crippen molar-refractivity contribution in [3.8, 4) is 0 Å². The van der Waals surface area contributed by atoms with Gasteiger partial charge in [0.1, 0.15) is 13.2 Å². The van der Waals surface area contributed by atoms with Crippen LogP contribution < -0.4 is 0 Å². The maximum absolute atomic E-state index is 12.7. The van der Waals surface area contributed by atoms with Gasteiger partial charge in [-0.25, -0.2) is 0 Å². The van der Waals surface area contributed by atoms with E-state index >= 15 is 0 Å². The third kappa shape index (κ3) is 42.3. The molecular formula is C50H86O6. The Morgan fingerprint density at radius 2 is 0.696 bits per heavy atom. The molecule has 0 aromatic carbocycles. The van der Waals surface area contributed by atoms with Gasteiger partial charge in [-0.1, -0.05) is 178 Å². The van der Waals surface area contributed by atoms with Crippen molar-refractivity contribution < 1.29 is 28.6 Å². The molecule has 0 saturated heterocycles. The summed E-state index contributed by atoms with van der Waals surface area (Å²) in [6.45, 7) is 6.39. The average molecular weight is 783 g/mol. The normalized spacial score (nSPS) is 12.6. The zero-order valence-corrected chi connectivity index (χ0v) is 36.6. The highest BCUT2D eigenvalue weighted by Crippen LogP contribution is 2.13. The van der Waals surface area contributed by atoms with Crippen molar-refractivity contribution in [2.75, 3.05) is 13.2 Å². The zero-order valence-electron chi connectivity index (χ0n) is 36.6. The molecule has 0 rings (SSSR count). The lowest BCUT2D eigenvalue weighted by Crippen LogP contribution is -2.30. The van der Waals surface area contributed by atoms with Gasteiger partial charge in [0.15, 0.2) is 6.10 Å². The Labute approximate surface area is 345 Å². The second-order valence-corrected chi connectivity index (χ2v) is 15.3. The summed E-state index contributed by atoms with van der Waals surface area (Å²) in [6, 6.07) is 0. The molecule has 0 fully saturated rings. The smallest absolute Gasteiger partial charge is 0.306 e. The van der Waals surface area contributed by atoms with E-state index in [4.69, 9.17) is 14.2 Å². The summed E-state index contributed by atoms with van der Waals surface area (Å²) < 4.78 is 16.6. The van der Waals surface area contributed by atoms with Crippen LogP contribution in [0.3, 0.4) is 0 Å². The van der Waals surface area contributed by atoms with Crippen LogP contribution in [-0.2, 0) is 28.6 Å². The average Bonchev–Trinajstić information content (AvgIpc) is 3.19. The SMILES string of the molecule is CC/C=C\C/C=C\C/C=C\CCCCCCCC(=O)OC(COC(=O)CCCCCCC)COC(=O)CCCCCCCCC/C=C\C/C=C\CCCCCC. The van der Waals surface area contributed by atoms with Gasteiger partial charge in [-0.05, 0) is 83.5 Å². The van der Waals surface area contributed by atoms with E-state index in [1.807, 2.05) is 0 Å². The number of carbonyl (C=O) groups is 3. The molecule has 0 spiro atoms. The third-order valence-corrected chi connectivity index (χ3v) is 9.76. The Balaban J connectivity index is 4.25. The van der Waals surface area contributed by atoms with Gasteiger partial charge in [0.2, 0.25) is 0 Å². The fraction of sp³-hybridized carbons (Fsp3) is 0.740. The first kappa shape index (κ1) is 53.1. The molecule has 6 nitrogen and oxygen atoms in total. The van der Waals surface area contributed by atoms with Crippen molar-refractivity contribution in [2.45, 2.75) is 226 Å². The predicted molar refractivity (Wildman–Crippen MR) is 238 cm³/mol. The quantitative estimate of drug-likeness (QED) is 0.0266. The topological polar surface area (TPSA) is 78.9 Å². The van der Waals surface area contributed by atoms with E-state index in [-0.39, 0.29) is 31.1 Å². The van der Waals surface area contributed by atoms with E-state index in [1.54, 1.807) is 0 Å². The third-order valence-electron chi connectivity index (χ3n) is 9.76. The number of unbranched alkanes of at least 4 members (excludes halogenated alkanes) is 20. The molecular weight excluding hydrogens is 697 g/mol. The van der Waals surface area contributed by atoms with Crippen LogP contribution in [0.5, 0.6) is 0 Å².